The Kier molecular flexibility index (Phi) is 2.96. The van der Waals surface area contributed by atoms with Crippen molar-refractivity contribution in [3.05, 3.63) is 52.8 Å². The summed E-state index contributed by atoms with van der Waals surface area (Å²) in [6, 6.07) is 12.0. The highest BCUT2D eigenvalue weighted by molar-refractivity contribution is 6.07. The second kappa shape index (κ2) is 5.02. The van der Waals surface area contributed by atoms with Crippen molar-refractivity contribution in [3.8, 4) is 17.2 Å². The van der Waals surface area contributed by atoms with E-state index < -0.39 is 0 Å². The number of ether oxygens (including phenoxy) is 1. The number of benzene rings is 2. The highest BCUT2D eigenvalue weighted by Gasteiger charge is 2.16. The van der Waals surface area contributed by atoms with Crippen LogP contribution < -0.4 is 16.0 Å². The maximum absolute atomic E-state index is 12.4. The van der Waals surface area contributed by atoms with Crippen LogP contribution in [0.2, 0.25) is 0 Å². The molecule has 0 spiro atoms. The highest BCUT2D eigenvalue weighted by Crippen LogP contribution is 2.28. The largest absolute Gasteiger partial charge is 0.508 e. The van der Waals surface area contributed by atoms with Crippen molar-refractivity contribution in [3.63, 3.8) is 0 Å². The summed E-state index contributed by atoms with van der Waals surface area (Å²) in [7, 11) is 1.58. The number of phenols is 1. The van der Waals surface area contributed by atoms with Crippen molar-refractivity contribution in [2.75, 3.05) is 12.8 Å². The van der Waals surface area contributed by atoms with Crippen molar-refractivity contribution in [1.82, 2.24) is 14.8 Å². The zero-order chi connectivity index (χ0) is 16.8. The van der Waals surface area contributed by atoms with Crippen LogP contribution in [-0.4, -0.2) is 27.0 Å². The molecule has 2 heterocycles. The van der Waals surface area contributed by atoms with Crippen LogP contribution in [0.1, 0.15) is 0 Å². The average molecular weight is 322 g/mol. The lowest BCUT2D eigenvalue weighted by Crippen LogP contribution is -2.08. The smallest absolute Gasteiger partial charge is 0.261 e. The first-order chi connectivity index (χ1) is 11.6. The van der Waals surface area contributed by atoms with Crippen LogP contribution in [-0.2, 0) is 0 Å². The normalized spacial score (nSPS) is 11.2. The molecule has 120 valence electrons. The summed E-state index contributed by atoms with van der Waals surface area (Å²) < 4.78 is 6.73. The van der Waals surface area contributed by atoms with Crippen LogP contribution in [0.25, 0.3) is 27.5 Å². The van der Waals surface area contributed by atoms with E-state index in [0.717, 1.165) is 0 Å². The number of nitrogens with zero attached hydrogens (tertiary/aromatic N) is 2. The molecule has 2 aromatic carbocycles. The third-order valence-corrected chi connectivity index (χ3v) is 3.95. The third-order valence-electron chi connectivity index (χ3n) is 3.95. The lowest BCUT2D eigenvalue weighted by atomic mass is 10.1. The quantitative estimate of drug-likeness (QED) is 0.524. The zero-order valence-electron chi connectivity index (χ0n) is 12.8. The Labute approximate surface area is 135 Å². The van der Waals surface area contributed by atoms with Gasteiger partial charge < -0.3 is 20.6 Å². The van der Waals surface area contributed by atoms with Gasteiger partial charge in [0.15, 0.2) is 0 Å². The van der Waals surface area contributed by atoms with E-state index in [0.29, 0.717) is 33.2 Å². The van der Waals surface area contributed by atoms with Gasteiger partial charge in [-0.15, -0.1) is 0 Å². The SMILES string of the molecule is COc1cccc(-n2nc3c(c2N)c(=O)[nH]c2cc(O)ccc23)c1. The Bertz CT molecular complexity index is 1140. The van der Waals surface area contributed by atoms with Gasteiger partial charge >= 0.3 is 0 Å². The fourth-order valence-electron chi connectivity index (χ4n) is 2.81. The Morgan fingerprint density at radius 3 is 2.88 bits per heavy atom. The molecule has 0 saturated heterocycles. The van der Waals surface area contributed by atoms with Crippen LogP contribution >= 0.6 is 0 Å². The van der Waals surface area contributed by atoms with Crippen LogP contribution in [0.5, 0.6) is 11.5 Å². The van der Waals surface area contributed by atoms with E-state index in [2.05, 4.69) is 10.1 Å². The van der Waals surface area contributed by atoms with Gasteiger partial charge in [0.05, 0.1) is 18.3 Å². The minimum absolute atomic E-state index is 0.0673. The van der Waals surface area contributed by atoms with Crippen molar-refractivity contribution in [2.45, 2.75) is 0 Å². The van der Waals surface area contributed by atoms with Gasteiger partial charge in [0, 0.05) is 17.5 Å². The average Bonchev–Trinajstić information content (AvgIpc) is 2.93. The number of phenolic OH excluding ortho intramolecular Hbond substituents is 1. The maximum Gasteiger partial charge on any atom is 0.261 e. The van der Waals surface area contributed by atoms with Crippen molar-refractivity contribution >= 4 is 27.6 Å². The summed E-state index contributed by atoms with van der Waals surface area (Å²) in [5, 5.41) is 15.1. The van der Waals surface area contributed by atoms with E-state index in [1.807, 2.05) is 18.2 Å². The number of pyridine rings is 1. The number of fused-ring (bicyclic) bond motifs is 3. The summed E-state index contributed by atoms with van der Waals surface area (Å²) in [5.41, 5.74) is 7.49. The predicted octanol–water partition coefficient (Wildman–Crippen LogP) is 2.16. The molecule has 0 aliphatic carbocycles. The standard InChI is InChI=1S/C17H14N4O3/c1-24-11-4-2-3-9(7-11)21-16(18)14-15(20-21)12-6-5-10(22)8-13(12)19-17(14)23/h2-8,22H,18H2,1H3,(H,19,23). The number of rotatable bonds is 2. The molecule has 0 saturated carbocycles. The van der Waals surface area contributed by atoms with Gasteiger partial charge in [-0.1, -0.05) is 6.07 Å². The lowest BCUT2D eigenvalue weighted by molar-refractivity contribution is 0.414. The first kappa shape index (κ1) is 14.1. The van der Waals surface area contributed by atoms with Crippen molar-refractivity contribution in [2.24, 2.45) is 0 Å². The second-order valence-electron chi connectivity index (χ2n) is 5.41. The summed E-state index contributed by atoms with van der Waals surface area (Å²) in [6.45, 7) is 0. The number of methoxy groups -OCH3 is 1. The monoisotopic (exact) mass is 322 g/mol. The molecule has 0 unspecified atom stereocenters. The van der Waals surface area contributed by atoms with E-state index >= 15 is 0 Å². The summed E-state index contributed by atoms with van der Waals surface area (Å²) in [4.78, 5) is 15.1. The molecular formula is C17H14N4O3. The Morgan fingerprint density at radius 1 is 1.25 bits per heavy atom. The Balaban J connectivity index is 2.08. The van der Waals surface area contributed by atoms with E-state index in [1.165, 1.54) is 10.7 Å². The van der Waals surface area contributed by atoms with E-state index in [-0.39, 0.29) is 17.1 Å². The van der Waals surface area contributed by atoms with Gasteiger partial charge in [0.25, 0.3) is 5.56 Å². The van der Waals surface area contributed by atoms with E-state index in [9.17, 15) is 9.90 Å². The first-order valence-electron chi connectivity index (χ1n) is 7.26. The topological polar surface area (TPSA) is 106 Å². The van der Waals surface area contributed by atoms with Crippen LogP contribution in [0.3, 0.4) is 0 Å². The molecule has 0 bridgehead atoms. The molecule has 0 fully saturated rings. The first-order valence-corrected chi connectivity index (χ1v) is 7.26. The molecule has 0 atom stereocenters. The number of nitrogens with one attached hydrogen (secondary N) is 1. The third kappa shape index (κ3) is 1.98. The fourth-order valence-corrected chi connectivity index (χ4v) is 2.81. The number of hydrogen-bond acceptors (Lipinski definition) is 5. The number of nitrogen functional groups attached to an aromatic ring is 1. The molecule has 0 aliphatic heterocycles. The number of anilines is 1. The molecule has 0 amide bonds. The molecule has 7 nitrogen and oxygen atoms in total. The number of H-pyrrole nitrogens is 1. The molecular weight excluding hydrogens is 308 g/mol. The van der Waals surface area contributed by atoms with Gasteiger partial charge in [-0.2, -0.15) is 5.10 Å². The Hall–Kier alpha value is -3.48. The number of nitrogens with two attached hydrogens (primary N) is 1. The van der Waals surface area contributed by atoms with E-state index in [4.69, 9.17) is 10.5 Å². The van der Waals surface area contributed by atoms with Gasteiger partial charge in [-0.25, -0.2) is 4.68 Å². The van der Waals surface area contributed by atoms with Crippen LogP contribution in [0, 0.1) is 0 Å². The second-order valence-corrected chi connectivity index (χ2v) is 5.41. The zero-order valence-corrected chi connectivity index (χ0v) is 12.8. The number of aromatic nitrogens is 3. The maximum atomic E-state index is 12.4. The Morgan fingerprint density at radius 2 is 2.08 bits per heavy atom. The van der Waals surface area contributed by atoms with Crippen molar-refractivity contribution in [1.29, 1.82) is 0 Å². The molecule has 4 rings (SSSR count). The van der Waals surface area contributed by atoms with Crippen LogP contribution in [0.15, 0.2) is 47.3 Å². The van der Waals surface area contributed by atoms with E-state index in [1.54, 1.807) is 25.3 Å². The molecule has 7 heteroatoms. The molecule has 0 aliphatic rings. The summed E-state index contributed by atoms with van der Waals surface area (Å²) in [6.07, 6.45) is 0. The molecule has 4 aromatic rings. The van der Waals surface area contributed by atoms with Crippen LogP contribution in [0.4, 0.5) is 5.82 Å². The molecule has 4 N–H and O–H groups in total. The van der Waals surface area contributed by atoms with Gasteiger partial charge in [0.2, 0.25) is 0 Å². The fraction of sp³-hybridized carbons (Fsp3) is 0.0588. The minimum Gasteiger partial charge on any atom is -0.508 e. The number of hydrogen-bond donors (Lipinski definition) is 3. The van der Waals surface area contributed by atoms with Crippen molar-refractivity contribution < 1.29 is 9.84 Å². The summed E-state index contributed by atoms with van der Waals surface area (Å²) >= 11 is 0. The molecule has 0 radical (unpaired) electrons. The minimum atomic E-state index is -0.352. The van der Waals surface area contributed by atoms with Gasteiger partial charge in [0.1, 0.15) is 28.2 Å². The summed E-state index contributed by atoms with van der Waals surface area (Å²) in [5.74, 6) is 0.974. The van der Waals surface area contributed by atoms with Gasteiger partial charge in [-0.3, -0.25) is 4.79 Å². The molecule has 2 aromatic heterocycles. The molecule has 24 heavy (non-hydrogen) atoms. The van der Waals surface area contributed by atoms with Gasteiger partial charge in [-0.05, 0) is 24.3 Å². The predicted molar refractivity (Wildman–Crippen MR) is 91.8 cm³/mol. The number of aromatic hydroxyl groups is 1. The number of aromatic amines is 1. The highest BCUT2D eigenvalue weighted by atomic mass is 16.5. The lowest BCUT2D eigenvalue weighted by Gasteiger charge is -2.05.